The fourth-order valence-corrected chi connectivity index (χ4v) is 2.96. The number of esters is 1. The van der Waals surface area contributed by atoms with Gasteiger partial charge in [0.15, 0.2) is 11.5 Å². The first-order valence-corrected chi connectivity index (χ1v) is 13.9. The van der Waals surface area contributed by atoms with Gasteiger partial charge in [0.2, 0.25) is 0 Å². The number of hydrogen-bond acceptors (Lipinski definition) is 12. The van der Waals surface area contributed by atoms with E-state index in [9.17, 15) is 19.2 Å². The number of carbonyl (C=O) groups excluding carboxylic acids is 4. The van der Waals surface area contributed by atoms with Gasteiger partial charge in [0, 0.05) is 0 Å². The van der Waals surface area contributed by atoms with E-state index in [-0.39, 0.29) is 43.8 Å². The van der Waals surface area contributed by atoms with Crippen molar-refractivity contribution in [2.75, 3.05) is 19.8 Å². The van der Waals surface area contributed by atoms with Gasteiger partial charge in [0.05, 0.1) is 13.2 Å². The molecule has 41 heavy (non-hydrogen) atoms. The average molecular weight is 584 g/mol. The zero-order chi connectivity index (χ0) is 30.9. The van der Waals surface area contributed by atoms with Gasteiger partial charge in [-0.1, -0.05) is 40.7 Å². The first-order chi connectivity index (χ1) is 19.3. The molecule has 232 valence electrons. The second-order valence-electron chi connectivity index (χ2n) is 10.5. The standard InChI is InChI=1S/C29H45NO11/c1-8-20(6)38-29(34)39-21(7)17-37-26(31)23(30)15-22-9-10-24(40-27(32)35-13-11-18(2)3)25(16-22)41-28(33)36-14-12-19(4)5/h9-10,16,18-21,23H,8,11-15,17,30H2,1-7H3/t20?,21-,23-/m0/s1. The fraction of sp³-hybridized carbons (Fsp3) is 0.655. The van der Waals surface area contributed by atoms with Crippen LogP contribution in [0.4, 0.5) is 14.4 Å². The number of ether oxygens (including phenoxy) is 7. The molecule has 0 spiro atoms. The first-order valence-electron chi connectivity index (χ1n) is 13.9. The molecule has 0 radical (unpaired) electrons. The lowest BCUT2D eigenvalue weighted by Crippen LogP contribution is -2.36. The Morgan fingerprint density at radius 3 is 1.80 bits per heavy atom. The summed E-state index contributed by atoms with van der Waals surface area (Å²) in [7, 11) is 0. The van der Waals surface area contributed by atoms with Crippen LogP contribution in [0.1, 0.15) is 73.3 Å². The van der Waals surface area contributed by atoms with Crippen molar-refractivity contribution in [3.8, 4) is 11.5 Å². The minimum Gasteiger partial charge on any atom is -0.461 e. The molecule has 1 rings (SSSR count). The van der Waals surface area contributed by atoms with Crippen LogP contribution in [0.25, 0.3) is 0 Å². The van der Waals surface area contributed by atoms with E-state index in [2.05, 4.69) is 0 Å². The molecular weight excluding hydrogens is 538 g/mol. The third-order valence-corrected chi connectivity index (χ3v) is 5.61. The van der Waals surface area contributed by atoms with Gasteiger partial charge in [-0.2, -0.15) is 0 Å². The van der Waals surface area contributed by atoms with Gasteiger partial charge in [-0.05, 0) is 69.1 Å². The number of rotatable bonds is 16. The molecule has 0 saturated carbocycles. The molecular formula is C29H45NO11. The summed E-state index contributed by atoms with van der Waals surface area (Å²) < 4.78 is 36.0. The minimum atomic E-state index is -1.09. The van der Waals surface area contributed by atoms with E-state index in [4.69, 9.17) is 38.9 Å². The predicted molar refractivity (Wildman–Crippen MR) is 149 cm³/mol. The highest BCUT2D eigenvalue weighted by Crippen LogP contribution is 2.30. The summed E-state index contributed by atoms with van der Waals surface area (Å²) in [4.78, 5) is 48.6. The Balaban J connectivity index is 2.83. The zero-order valence-electron chi connectivity index (χ0n) is 25.1. The lowest BCUT2D eigenvalue weighted by molar-refractivity contribution is -0.148. The molecule has 1 unspecified atom stereocenters. The highest BCUT2D eigenvalue weighted by atomic mass is 16.7. The van der Waals surface area contributed by atoms with Crippen molar-refractivity contribution in [3.63, 3.8) is 0 Å². The Hall–Kier alpha value is -3.54. The molecule has 0 fully saturated rings. The van der Waals surface area contributed by atoms with Crippen LogP contribution in [0.15, 0.2) is 18.2 Å². The molecule has 1 aromatic carbocycles. The van der Waals surface area contributed by atoms with Crippen LogP contribution in [-0.4, -0.2) is 62.5 Å². The van der Waals surface area contributed by atoms with Gasteiger partial charge in [-0.3, -0.25) is 4.79 Å². The molecule has 0 saturated heterocycles. The Morgan fingerprint density at radius 1 is 0.732 bits per heavy atom. The third kappa shape index (κ3) is 15.7. The maximum Gasteiger partial charge on any atom is 0.513 e. The van der Waals surface area contributed by atoms with Gasteiger partial charge >= 0.3 is 24.4 Å². The highest BCUT2D eigenvalue weighted by Gasteiger charge is 2.22. The van der Waals surface area contributed by atoms with E-state index in [1.807, 2.05) is 34.6 Å². The Kier molecular flexibility index (Phi) is 16.2. The smallest absolute Gasteiger partial charge is 0.461 e. The van der Waals surface area contributed by atoms with Crippen molar-refractivity contribution >= 4 is 24.4 Å². The highest BCUT2D eigenvalue weighted by molar-refractivity contribution is 5.76. The van der Waals surface area contributed by atoms with Crippen molar-refractivity contribution in [2.24, 2.45) is 17.6 Å². The number of nitrogens with two attached hydrogens (primary N) is 1. The maximum atomic E-state index is 12.4. The van der Waals surface area contributed by atoms with E-state index in [1.54, 1.807) is 19.9 Å². The number of benzene rings is 1. The van der Waals surface area contributed by atoms with Crippen LogP contribution in [0.2, 0.25) is 0 Å². The van der Waals surface area contributed by atoms with Crippen molar-refractivity contribution in [2.45, 2.75) is 92.4 Å². The second kappa shape index (κ2) is 18.7. The summed E-state index contributed by atoms with van der Waals surface area (Å²) in [6.45, 7) is 13.2. The molecule has 3 atom stereocenters. The van der Waals surface area contributed by atoms with E-state index < -0.39 is 36.6 Å². The van der Waals surface area contributed by atoms with Crippen LogP contribution in [-0.2, 0) is 34.9 Å². The quantitative estimate of drug-likeness (QED) is 0.147. The molecule has 0 bridgehead atoms. The minimum absolute atomic E-state index is 0.00198. The predicted octanol–water partition coefficient (Wildman–Crippen LogP) is 5.56. The zero-order valence-corrected chi connectivity index (χ0v) is 25.1. The van der Waals surface area contributed by atoms with Gasteiger partial charge in [0.1, 0.15) is 24.9 Å². The normalized spacial score (nSPS) is 13.1. The second-order valence-corrected chi connectivity index (χ2v) is 10.5. The van der Waals surface area contributed by atoms with Gasteiger partial charge in [0.25, 0.3) is 0 Å². The summed E-state index contributed by atoms with van der Waals surface area (Å²) >= 11 is 0. The largest absolute Gasteiger partial charge is 0.513 e. The van der Waals surface area contributed by atoms with Crippen LogP contribution in [0.3, 0.4) is 0 Å². The summed E-state index contributed by atoms with van der Waals surface area (Å²) in [6.07, 6.45) is -1.91. The van der Waals surface area contributed by atoms with Crippen molar-refractivity contribution in [3.05, 3.63) is 23.8 Å². The lowest BCUT2D eigenvalue weighted by atomic mass is 10.1. The summed E-state index contributed by atoms with van der Waals surface area (Å²) in [5.41, 5.74) is 6.51. The van der Waals surface area contributed by atoms with E-state index in [0.29, 0.717) is 36.7 Å². The lowest BCUT2D eigenvalue weighted by Gasteiger charge is -2.17. The summed E-state index contributed by atoms with van der Waals surface area (Å²) in [6, 6.07) is 3.27. The van der Waals surface area contributed by atoms with Crippen LogP contribution >= 0.6 is 0 Å². The molecule has 12 heteroatoms. The van der Waals surface area contributed by atoms with Crippen molar-refractivity contribution in [1.29, 1.82) is 0 Å². The van der Waals surface area contributed by atoms with Crippen LogP contribution < -0.4 is 15.2 Å². The molecule has 12 nitrogen and oxygen atoms in total. The number of carbonyl (C=O) groups is 4. The summed E-state index contributed by atoms with van der Waals surface area (Å²) in [5.74, 6) is -0.268. The molecule has 0 amide bonds. The van der Waals surface area contributed by atoms with E-state index in [0.717, 1.165) is 0 Å². The molecule has 2 N–H and O–H groups in total. The molecule has 0 aliphatic rings. The molecule has 0 aromatic heterocycles. The van der Waals surface area contributed by atoms with Gasteiger partial charge in [-0.25, -0.2) is 14.4 Å². The molecule has 0 aliphatic heterocycles. The topological polar surface area (TPSA) is 159 Å². The Morgan fingerprint density at radius 2 is 1.27 bits per heavy atom. The Labute approximate surface area is 242 Å². The molecule has 0 heterocycles. The molecule has 1 aromatic rings. The monoisotopic (exact) mass is 583 g/mol. The Bertz CT molecular complexity index is 980. The average Bonchev–Trinajstić information content (AvgIpc) is 2.88. The van der Waals surface area contributed by atoms with Gasteiger partial charge in [-0.15, -0.1) is 0 Å². The SMILES string of the molecule is CCC(C)OC(=O)O[C@@H](C)COC(=O)[C@@H](N)Cc1ccc(OC(=O)OCCC(C)C)c(OC(=O)OCCC(C)C)c1. The first kappa shape index (κ1) is 35.5. The molecule has 0 aliphatic carbocycles. The van der Waals surface area contributed by atoms with Gasteiger partial charge < -0.3 is 38.9 Å². The fourth-order valence-electron chi connectivity index (χ4n) is 2.96. The third-order valence-electron chi connectivity index (χ3n) is 5.61. The van der Waals surface area contributed by atoms with Crippen molar-refractivity contribution in [1.82, 2.24) is 0 Å². The number of hydrogen-bond donors (Lipinski definition) is 1. The van der Waals surface area contributed by atoms with E-state index in [1.165, 1.54) is 12.1 Å². The van der Waals surface area contributed by atoms with E-state index >= 15 is 0 Å². The summed E-state index contributed by atoms with van der Waals surface area (Å²) in [5, 5.41) is 0. The van der Waals surface area contributed by atoms with Crippen molar-refractivity contribution < 1.29 is 52.3 Å². The van der Waals surface area contributed by atoms with Crippen LogP contribution in [0, 0.1) is 11.8 Å². The maximum absolute atomic E-state index is 12.4. The van der Waals surface area contributed by atoms with Crippen LogP contribution in [0.5, 0.6) is 11.5 Å².